The number of hydroxylamine groups is 2. The maximum Gasteiger partial charge on any atom is 0.288 e. The van der Waals surface area contributed by atoms with Gasteiger partial charge in [-0.05, 0) is 30.9 Å². The smallest absolute Gasteiger partial charge is 0.288 e. The van der Waals surface area contributed by atoms with Gasteiger partial charge in [-0.2, -0.15) is 0 Å². The second kappa shape index (κ2) is 10.5. The normalized spacial score (nSPS) is 13.7. The molecule has 9 heteroatoms. The van der Waals surface area contributed by atoms with Crippen molar-refractivity contribution in [3.05, 3.63) is 23.4 Å². The van der Waals surface area contributed by atoms with Gasteiger partial charge in [-0.3, -0.25) is 30.4 Å². The summed E-state index contributed by atoms with van der Waals surface area (Å²) in [6.07, 6.45) is 5.41. The summed E-state index contributed by atoms with van der Waals surface area (Å²) in [4.78, 5) is 39.5. The number of hydrazine groups is 1. The van der Waals surface area contributed by atoms with Crippen LogP contribution in [0.15, 0.2) is 12.1 Å². The number of amides is 3. The summed E-state index contributed by atoms with van der Waals surface area (Å²) >= 11 is 0. The molecule has 4 N–H and O–H groups in total. The lowest BCUT2D eigenvalue weighted by atomic mass is 10.0. The van der Waals surface area contributed by atoms with Crippen LogP contribution >= 0.6 is 0 Å². The highest BCUT2D eigenvalue weighted by Crippen LogP contribution is 2.19. The van der Waals surface area contributed by atoms with Crippen molar-refractivity contribution < 1.29 is 19.6 Å². The zero-order valence-corrected chi connectivity index (χ0v) is 15.5. The lowest BCUT2D eigenvalue weighted by Crippen LogP contribution is -2.47. The van der Waals surface area contributed by atoms with Gasteiger partial charge in [-0.25, -0.2) is 10.0 Å². The van der Waals surface area contributed by atoms with Gasteiger partial charge in [0.25, 0.3) is 5.91 Å². The van der Waals surface area contributed by atoms with E-state index in [1.165, 1.54) is 0 Å². The van der Waals surface area contributed by atoms with Gasteiger partial charge < -0.3 is 5.32 Å². The topological polar surface area (TPSA) is 124 Å². The lowest BCUT2D eigenvalue weighted by Gasteiger charge is -2.20. The highest BCUT2D eigenvalue weighted by molar-refractivity contribution is 5.94. The summed E-state index contributed by atoms with van der Waals surface area (Å²) in [5, 5.41) is 13.0. The molecule has 3 amide bonds. The average molecular weight is 377 g/mol. The van der Waals surface area contributed by atoms with Crippen LogP contribution in [0.5, 0.6) is 0 Å². The number of nitrogens with zero attached hydrogens (tertiary/aromatic N) is 2. The first-order valence-electron chi connectivity index (χ1n) is 9.30. The van der Waals surface area contributed by atoms with E-state index in [0.717, 1.165) is 44.2 Å². The predicted octanol–water partition coefficient (Wildman–Crippen LogP) is 1.24. The molecule has 0 spiro atoms. The number of pyridine rings is 1. The molecule has 2 rings (SSSR count). The van der Waals surface area contributed by atoms with Crippen molar-refractivity contribution in [2.75, 3.05) is 18.4 Å². The second-order valence-electron chi connectivity index (χ2n) is 6.60. The summed E-state index contributed by atoms with van der Waals surface area (Å²) in [5.41, 5.74) is 5.98. The van der Waals surface area contributed by atoms with Crippen molar-refractivity contribution in [1.82, 2.24) is 20.9 Å². The minimum Gasteiger partial charge on any atom is -0.370 e. The van der Waals surface area contributed by atoms with Crippen LogP contribution in [0, 0.1) is 5.92 Å². The van der Waals surface area contributed by atoms with Gasteiger partial charge >= 0.3 is 0 Å². The molecule has 9 nitrogen and oxygen atoms in total. The maximum atomic E-state index is 12.3. The van der Waals surface area contributed by atoms with Crippen molar-refractivity contribution in [2.45, 2.75) is 45.4 Å². The number of nitrogens with one attached hydrogen (secondary N) is 3. The molecule has 0 fully saturated rings. The van der Waals surface area contributed by atoms with Crippen LogP contribution in [0.1, 0.15) is 55.1 Å². The van der Waals surface area contributed by atoms with Crippen LogP contribution < -0.4 is 16.2 Å². The number of hydrogen-bond acceptors (Lipinski definition) is 6. The molecule has 0 unspecified atom stereocenters. The van der Waals surface area contributed by atoms with Gasteiger partial charge in [0.1, 0.15) is 11.5 Å². The Kier molecular flexibility index (Phi) is 8.00. The lowest BCUT2D eigenvalue weighted by molar-refractivity contribution is -0.154. The fraction of sp³-hybridized carbons (Fsp3) is 0.556. The van der Waals surface area contributed by atoms with Gasteiger partial charge in [0.15, 0.2) is 0 Å². The van der Waals surface area contributed by atoms with E-state index in [-0.39, 0.29) is 18.6 Å². The molecule has 27 heavy (non-hydrogen) atoms. The molecular formula is C18H27N5O4. The molecule has 0 bridgehead atoms. The molecule has 1 atom stereocenters. The van der Waals surface area contributed by atoms with Crippen molar-refractivity contribution in [3.8, 4) is 0 Å². The van der Waals surface area contributed by atoms with Crippen LogP contribution in [-0.2, 0) is 16.0 Å². The Morgan fingerprint density at radius 1 is 1.37 bits per heavy atom. The van der Waals surface area contributed by atoms with E-state index in [2.05, 4.69) is 21.2 Å². The molecule has 0 saturated heterocycles. The minimum absolute atomic E-state index is 0.129. The quantitative estimate of drug-likeness (QED) is 0.222. The van der Waals surface area contributed by atoms with Crippen molar-refractivity contribution in [1.29, 1.82) is 0 Å². The number of anilines is 1. The van der Waals surface area contributed by atoms with Crippen molar-refractivity contribution in [2.24, 2.45) is 5.92 Å². The van der Waals surface area contributed by atoms with Crippen LogP contribution in [0.4, 0.5) is 5.82 Å². The predicted molar refractivity (Wildman–Crippen MR) is 98.8 cm³/mol. The van der Waals surface area contributed by atoms with E-state index in [1.54, 1.807) is 6.07 Å². The first kappa shape index (κ1) is 20.6. The highest BCUT2D eigenvalue weighted by atomic mass is 16.5. The molecule has 1 aromatic rings. The summed E-state index contributed by atoms with van der Waals surface area (Å²) in [6, 6.07) is 3.47. The number of rotatable bonds is 9. The summed E-state index contributed by atoms with van der Waals surface area (Å²) < 4.78 is 0. The fourth-order valence-corrected chi connectivity index (χ4v) is 2.95. The Balaban J connectivity index is 1.92. The number of aromatic nitrogens is 1. The molecule has 0 radical (unpaired) electrons. The first-order chi connectivity index (χ1) is 13.0. The molecule has 1 aromatic heterocycles. The molecule has 0 aromatic carbocycles. The van der Waals surface area contributed by atoms with Crippen LogP contribution in [0.25, 0.3) is 0 Å². The summed E-state index contributed by atoms with van der Waals surface area (Å²) in [5.74, 6) is -0.914. The van der Waals surface area contributed by atoms with E-state index < -0.39 is 17.7 Å². The van der Waals surface area contributed by atoms with E-state index in [1.807, 2.05) is 13.0 Å². The van der Waals surface area contributed by atoms with Crippen LogP contribution in [0.3, 0.4) is 0 Å². The standard InChI is InChI=1S/C18H27N5O4/c1-2-3-4-6-14(11-23(27)12-24)17(25)21-22-18(26)15-9-8-13-7-5-10-19-16(13)20-15/h8-9,12,14,27H,2-7,10-11H2,1H3,(H,19,20)(H,21,25)(H,22,26)/t14-/m0/s1. The van der Waals surface area contributed by atoms with Gasteiger partial charge in [0.2, 0.25) is 12.3 Å². The summed E-state index contributed by atoms with van der Waals surface area (Å²) in [6.45, 7) is 2.73. The largest absolute Gasteiger partial charge is 0.370 e. The number of carbonyl (C=O) groups excluding carboxylic acids is 3. The van der Waals surface area contributed by atoms with E-state index in [9.17, 15) is 19.6 Å². The Bertz CT molecular complexity index is 667. The third-order valence-corrected chi connectivity index (χ3v) is 4.48. The fourth-order valence-electron chi connectivity index (χ4n) is 2.95. The van der Waals surface area contributed by atoms with Gasteiger partial charge in [-0.15, -0.1) is 0 Å². The maximum absolute atomic E-state index is 12.3. The van der Waals surface area contributed by atoms with Crippen molar-refractivity contribution >= 4 is 24.0 Å². The Hall–Kier alpha value is -2.68. The minimum atomic E-state index is -0.620. The first-order valence-corrected chi connectivity index (χ1v) is 9.30. The average Bonchev–Trinajstić information content (AvgIpc) is 2.70. The van der Waals surface area contributed by atoms with E-state index >= 15 is 0 Å². The number of unbranched alkanes of at least 4 members (excludes halogenated alkanes) is 2. The molecule has 1 aliphatic heterocycles. The Morgan fingerprint density at radius 2 is 2.19 bits per heavy atom. The zero-order chi connectivity index (χ0) is 19.6. The zero-order valence-electron chi connectivity index (χ0n) is 15.5. The Labute approximate surface area is 158 Å². The summed E-state index contributed by atoms with van der Waals surface area (Å²) in [7, 11) is 0. The van der Waals surface area contributed by atoms with Crippen molar-refractivity contribution in [3.63, 3.8) is 0 Å². The SMILES string of the molecule is CCCCC[C@@H](CN(O)C=O)C(=O)NNC(=O)c1ccc2c(n1)NCCC2. The van der Waals surface area contributed by atoms with Crippen LogP contribution in [0.2, 0.25) is 0 Å². The Morgan fingerprint density at radius 3 is 2.93 bits per heavy atom. The second-order valence-corrected chi connectivity index (χ2v) is 6.60. The number of hydrogen-bond donors (Lipinski definition) is 4. The molecule has 0 aliphatic carbocycles. The third kappa shape index (κ3) is 6.21. The monoisotopic (exact) mass is 377 g/mol. The highest BCUT2D eigenvalue weighted by Gasteiger charge is 2.22. The molecule has 0 saturated carbocycles. The van der Waals surface area contributed by atoms with Gasteiger partial charge in [0.05, 0.1) is 12.5 Å². The molecule has 1 aliphatic rings. The van der Waals surface area contributed by atoms with E-state index in [4.69, 9.17) is 0 Å². The number of carbonyl (C=O) groups is 3. The molecular weight excluding hydrogens is 350 g/mol. The molecule has 2 heterocycles. The van der Waals surface area contributed by atoms with Gasteiger partial charge in [-0.1, -0.05) is 32.3 Å². The van der Waals surface area contributed by atoms with E-state index in [0.29, 0.717) is 17.3 Å². The number of fused-ring (bicyclic) bond motifs is 1. The van der Waals surface area contributed by atoms with Crippen LogP contribution in [-0.4, -0.2) is 46.6 Å². The van der Waals surface area contributed by atoms with Gasteiger partial charge in [0, 0.05) is 6.54 Å². The molecule has 148 valence electrons. The third-order valence-electron chi connectivity index (χ3n) is 4.48. The number of aryl methyl sites for hydroxylation is 1.